The van der Waals surface area contributed by atoms with Crippen LogP contribution in [0.25, 0.3) is 76.9 Å². The fourth-order valence-corrected chi connectivity index (χ4v) is 7.75. The van der Waals surface area contributed by atoms with Gasteiger partial charge >= 0.3 is 0 Å². The van der Waals surface area contributed by atoms with E-state index in [0.717, 1.165) is 49.3 Å². The van der Waals surface area contributed by atoms with Crippen molar-refractivity contribution in [3.63, 3.8) is 0 Å². The van der Waals surface area contributed by atoms with Crippen molar-refractivity contribution in [1.82, 2.24) is 0 Å². The standard InChI is InChI=1S/C47H30O2/c1-3-11-30(12-4-1)32-21-23-34(24-22-32)44(37-17-10-20-43-45(37)39-27-25-33-15-7-8-16-36(33)47(39)49-43)38-18-9-19-42-46(38)40-29-35(26-28-41(40)48-42)31-13-5-2-6-14-31/h1-29,44H. The third-order valence-corrected chi connectivity index (χ3v) is 10.0. The third kappa shape index (κ3) is 4.49. The number of hydrogen-bond donors (Lipinski definition) is 0. The van der Waals surface area contributed by atoms with Crippen LogP contribution in [-0.2, 0) is 0 Å². The molecule has 1 atom stereocenters. The van der Waals surface area contributed by atoms with Crippen LogP contribution in [-0.4, -0.2) is 0 Å². The Morgan fingerprint density at radius 1 is 0.347 bits per heavy atom. The lowest BCUT2D eigenvalue weighted by Gasteiger charge is -2.21. The molecule has 0 N–H and O–H groups in total. The molecule has 2 heterocycles. The Balaban J connectivity index is 1.26. The SMILES string of the molecule is c1ccc(-c2ccc(C(c3cccc4oc5ccc(-c6ccccc6)cc5c34)c3cccc4oc5c6ccccc6ccc5c34)cc2)cc1. The minimum Gasteiger partial charge on any atom is -0.456 e. The van der Waals surface area contributed by atoms with Crippen molar-refractivity contribution in [1.29, 1.82) is 0 Å². The van der Waals surface area contributed by atoms with E-state index >= 15 is 0 Å². The van der Waals surface area contributed by atoms with Gasteiger partial charge in [0.25, 0.3) is 0 Å². The normalized spacial score (nSPS) is 12.4. The van der Waals surface area contributed by atoms with Crippen LogP contribution >= 0.6 is 0 Å². The van der Waals surface area contributed by atoms with E-state index in [1.807, 2.05) is 0 Å². The van der Waals surface area contributed by atoms with E-state index in [0.29, 0.717) is 0 Å². The molecule has 2 heteroatoms. The van der Waals surface area contributed by atoms with Gasteiger partial charge in [-0.3, -0.25) is 0 Å². The Morgan fingerprint density at radius 2 is 0.939 bits per heavy atom. The number of fused-ring (bicyclic) bond motifs is 8. The predicted octanol–water partition coefficient (Wildman–Crippen LogP) is 13.2. The molecule has 0 aliphatic heterocycles. The summed E-state index contributed by atoms with van der Waals surface area (Å²) in [5.74, 6) is -0.0920. The molecule has 0 aliphatic carbocycles. The molecule has 10 rings (SSSR count). The van der Waals surface area contributed by atoms with E-state index in [1.165, 1.54) is 44.3 Å². The first-order chi connectivity index (χ1) is 24.3. The highest BCUT2D eigenvalue weighted by Gasteiger charge is 2.26. The molecule has 10 aromatic rings. The molecule has 0 fully saturated rings. The maximum absolute atomic E-state index is 6.69. The summed E-state index contributed by atoms with van der Waals surface area (Å²) in [5.41, 5.74) is 12.0. The van der Waals surface area contributed by atoms with Crippen LogP contribution in [0.5, 0.6) is 0 Å². The van der Waals surface area contributed by atoms with Crippen LogP contribution in [0, 0.1) is 0 Å². The summed E-state index contributed by atoms with van der Waals surface area (Å²) in [6.07, 6.45) is 0. The lowest BCUT2D eigenvalue weighted by molar-refractivity contribution is 0.668. The molecule has 230 valence electrons. The lowest BCUT2D eigenvalue weighted by Crippen LogP contribution is -2.05. The minimum absolute atomic E-state index is 0.0920. The van der Waals surface area contributed by atoms with Crippen molar-refractivity contribution in [3.8, 4) is 22.3 Å². The van der Waals surface area contributed by atoms with E-state index < -0.39 is 0 Å². The number of hydrogen-bond acceptors (Lipinski definition) is 2. The van der Waals surface area contributed by atoms with Crippen molar-refractivity contribution in [2.75, 3.05) is 0 Å². The van der Waals surface area contributed by atoms with Gasteiger partial charge in [-0.25, -0.2) is 0 Å². The zero-order valence-electron chi connectivity index (χ0n) is 26.6. The van der Waals surface area contributed by atoms with Crippen molar-refractivity contribution >= 4 is 54.6 Å². The molecule has 0 amide bonds. The Bertz CT molecular complexity index is 2800. The van der Waals surface area contributed by atoms with Gasteiger partial charge in [0.1, 0.15) is 22.3 Å². The first-order valence-electron chi connectivity index (χ1n) is 16.8. The monoisotopic (exact) mass is 626 g/mol. The fraction of sp³-hybridized carbons (Fsp3) is 0.0213. The highest BCUT2D eigenvalue weighted by Crippen LogP contribution is 2.46. The Morgan fingerprint density at radius 3 is 1.67 bits per heavy atom. The molecule has 0 saturated carbocycles. The second-order valence-corrected chi connectivity index (χ2v) is 12.8. The van der Waals surface area contributed by atoms with Gasteiger partial charge in [0.05, 0.1) is 0 Å². The summed E-state index contributed by atoms with van der Waals surface area (Å²) in [5, 5.41) is 6.84. The molecule has 2 nitrogen and oxygen atoms in total. The number of furan rings is 2. The van der Waals surface area contributed by atoms with E-state index in [4.69, 9.17) is 8.83 Å². The van der Waals surface area contributed by atoms with Gasteiger partial charge < -0.3 is 8.83 Å². The van der Waals surface area contributed by atoms with Crippen molar-refractivity contribution in [2.45, 2.75) is 5.92 Å². The first kappa shape index (κ1) is 27.7. The fourth-order valence-electron chi connectivity index (χ4n) is 7.75. The first-order valence-corrected chi connectivity index (χ1v) is 16.8. The third-order valence-electron chi connectivity index (χ3n) is 10.0. The molecule has 0 spiro atoms. The maximum Gasteiger partial charge on any atom is 0.143 e. The van der Waals surface area contributed by atoms with E-state index in [2.05, 4.69) is 176 Å². The van der Waals surface area contributed by atoms with Crippen LogP contribution in [0.15, 0.2) is 185 Å². The Hall–Kier alpha value is -6.38. The molecular weight excluding hydrogens is 597 g/mol. The maximum atomic E-state index is 6.69. The van der Waals surface area contributed by atoms with Gasteiger partial charge in [0, 0.05) is 32.8 Å². The summed E-state index contributed by atoms with van der Waals surface area (Å²) in [7, 11) is 0. The van der Waals surface area contributed by atoms with Crippen molar-refractivity contribution in [2.24, 2.45) is 0 Å². The second kappa shape index (κ2) is 11.1. The molecule has 49 heavy (non-hydrogen) atoms. The van der Waals surface area contributed by atoms with Gasteiger partial charge in [-0.15, -0.1) is 0 Å². The molecule has 0 saturated heterocycles. The molecule has 2 aromatic heterocycles. The van der Waals surface area contributed by atoms with Crippen molar-refractivity contribution < 1.29 is 8.83 Å². The second-order valence-electron chi connectivity index (χ2n) is 12.8. The average molecular weight is 627 g/mol. The molecule has 0 aliphatic rings. The zero-order chi connectivity index (χ0) is 32.3. The van der Waals surface area contributed by atoms with Crippen LogP contribution in [0.2, 0.25) is 0 Å². The zero-order valence-corrected chi connectivity index (χ0v) is 26.6. The smallest absolute Gasteiger partial charge is 0.143 e. The van der Waals surface area contributed by atoms with Gasteiger partial charge in [-0.2, -0.15) is 0 Å². The average Bonchev–Trinajstić information content (AvgIpc) is 3.75. The van der Waals surface area contributed by atoms with Crippen LogP contribution < -0.4 is 0 Å². The number of rotatable bonds is 5. The van der Waals surface area contributed by atoms with Gasteiger partial charge in [-0.05, 0) is 74.7 Å². The summed E-state index contributed by atoms with van der Waals surface area (Å²) in [6.45, 7) is 0. The van der Waals surface area contributed by atoms with Crippen LogP contribution in [0.1, 0.15) is 22.6 Å². The molecule has 1 unspecified atom stereocenters. The highest BCUT2D eigenvalue weighted by molar-refractivity contribution is 6.16. The Labute approximate surface area is 283 Å². The topological polar surface area (TPSA) is 26.3 Å². The Kier molecular flexibility index (Phi) is 6.28. The van der Waals surface area contributed by atoms with E-state index in [1.54, 1.807) is 0 Å². The summed E-state index contributed by atoms with van der Waals surface area (Å²) < 4.78 is 13.2. The van der Waals surface area contributed by atoms with Gasteiger partial charge in [0.2, 0.25) is 0 Å². The van der Waals surface area contributed by atoms with E-state index in [-0.39, 0.29) is 5.92 Å². The molecule has 0 radical (unpaired) electrons. The number of benzene rings is 8. The molecule has 0 bridgehead atoms. The lowest BCUT2D eigenvalue weighted by atomic mass is 9.81. The highest BCUT2D eigenvalue weighted by atomic mass is 16.3. The molecular formula is C47H30O2. The van der Waals surface area contributed by atoms with Crippen molar-refractivity contribution in [3.05, 3.63) is 193 Å². The minimum atomic E-state index is -0.0920. The molecule has 8 aromatic carbocycles. The van der Waals surface area contributed by atoms with E-state index in [9.17, 15) is 0 Å². The summed E-state index contributed by atoms with van der Waals surface area (Å²) in [6, 6.07) is 62.7. The van der Waals surface area contributed by atoms with Crippen LogP contribution in [0.4, 0.5) is 0 Å². The summed E-state index contributed by atoms with van der Waals surface area (Å²) >= 11 is 0. The summed E-state index contributed by atoms with van der Waals surface area (Å²) in [4.78, 5) is 0. The largest absolute Gasteiger partial charge is 0.456 e. The van der Waals surface area contributed by atoms with Gasteiger partial charge in [0.15, 0.2) is 0 Å². The van der Waals surface area contributed by atoms with Gasteiger partial charge in [-0.1, -0.05) is 146 Å². The predicted molar refractivity (Wildman–Crippen MR) is 203 cm³/mol. The van der Waals surface area contributed by atoms with Crippen LogP contribution in [0.3, 0.4) is 0 Å². The quantitative estimate of drug-likeness (QED) is 0.178.